The van der Waals surface area contributed by atoms with E-state index in [0.717, 1.165) is 6.54 Å². The number of carbonyl (C=O) groups excluding carboxylic acids is 1. The van der Waals surface area contributed by atoms with Crippen molar-refractivity contribution in [2.45, 2.75) is 25.7 Å². The fourth-order valence-electron chi connectivity index (χ4n) is 2.22. The van der Waals surface area contributed by atoms with Crippen molar-refractivity contribution in [2.24, 2.45) is 11.7 Å². The lowest BCUT2D eigenvalue weighted by molar-refractivity contribution is 0.0942. The number of nitrogens with zero attached hydrogens (tertiary/aromatic N) is 1. The van der Waals surface area contributed by atoms with Gasteiger partial charge in [0.1, 0.15) is 10.7 Å². The zero-order valence-corrected chi connectivity index (χ0v) is 11.0. The molecule has 1 amide bonds. The number of nitrogens with one attached hydrogen (secondary N) is 1. The van der Waals surface area contributed by atoms with Gasteiger partial charge in [0.15, 0.2) is 0 Å². The molecule has 1 heterocycles. The quantitative estimate of drug-likeness (QED) is 0.810. The summed E-state index contributed by atoms with van der Waals surface area (Å²) in [5, 5.41) is 2.92. The van der Waals surface area contributed by atoms with Gasteiger partial charge < -0.3 is 11.1 Å². The zero-order valence-electron chi connectivity index (χ0n) is 10.2. The smallest absolute Gasteiger partial charge is 0.269 e. The van der Waals surface area contributed by atoms with Gasteiger partial charge in [-0.25, -0.2) is 0 Å². The van der Waals surface area contributed by atoms with Crippen molar-refractivity contribution < 1.29 is 4.79 Å². The molecule has 0 radical (unpaired) electrons. The minimum atomic E-state index is -0.128. The largest absolute Gasteiger partial charge is 0.389 e. The van der Waals surface area contributed by atoms with E-state index < -0.39 is 0 Å². The van der Waals surface area contributed by atoms with Gasteiger partial charge in [0.2, 0.25) is 0 Å². The van der Waals surface area contributed by atoms with Crippen molar-refractivity contribution in [3.05, 3.63) is 29.6 Å². The Balaban J connectivity index is 1.89. The summed E-state index contributed by atoms with van der Waals surface area (Å²) in [5.74, 6) is 0.501. The van der Waals surface area contributed by atoms with Crippen LogP contribution in [0.4, 0.5) is 0 Å². The van der Waals surface area contributed by atoms with Gasteiger partial charge in [-0.3, -0.25) is 9.78 Å². The summed E-state index contributed by atoms with van der Waals surface area (Å²) in [6.45, 7) is 0.748. The van der Waals surface area contributed by atoms with Gasteiger partial charge in [0.05, 0.1) is 0 Å². The fourth-order valence-corrected chi connectivity index (χ4v) is 2.34. The standard InChI is InChI=1S/C13H17N3OS/c14-12(18)10-5-6-11(15-8-10)13(17)16-7-9-3-1-2-4-9/h5-6,8-9H,1-4,7H2,(H2,14,18)(H,16,17). The van der Waals surface area contributed by atoms with Gasteiger partial charge in [-0.05, 0) is 30.9 Å². The summed E-state index contributed by atoms with van der Waals surface area (Å²) in [6.07, 6.45) is 6.53. The van der Waals surface area contributed by atoms with E-state index >= 15 is 0 Å². The van der Waals surface area contributed by atoms with Gasteiger partial charge >= 0.3 is 0 Å². The summed E-state index contributed by atoms with van der Waals surface area (Å²) in [6, 6.07) is 3.37. The van der Waals surface area contributed by atoms with Crippen LogP contribution in [0.5, 0.6) is 0 Å². The van der Waals surface area contributed by atoms with E-state index in [0.29, 0.717) is 22.2 Å². The third-order valence-corrected chi connectivity index (χ3v) is 3.54. The third-order valence-electron chi connectivity index (χ3n) is 3.31. The molecule has 0 unspecified atom stereocenters. The molecule has 5 heteroatoms. The minimum Gasteiger partial charge on any atom is -0.389 e. The molecular weight excluding hydrogens is 246 g/mol. The van der Waals surface area contributed by atoms with Crippen LogP contribution in [-0.2, 0) is 0 Å². The maximum absolute atomic E-state index is 11.8. The maximum atomic E-state index is 11.8. The Kier molecular flexibility index (Phi) is 4.25. The van der Waals surface area contributed by atoms with Crippen molar-refractivity contribution in [3.63, 3.8) is 0 Å². The first-order chi connectivity index (χ1) is 8.66. The van der Waals surface area contributed by atoms with Crippen LogP contribution in [0.2, 0.25) is 0 Å². The normalized spacial score (nSPS) is 15.6. The monoisotopic (exact) mass is 263 g/mol. The lowest BCUT2D eigenvalue weighted by Gasteiger charge is -2.10. The lowest BCUT2D eigenvalue weighted by atomic mass is 10.1. The van der Waals surface area contributed by atoms with Crippen LogP contribution in [0.3, 0.4) is 0 Å². The van der Waals surface area contributed by atoms with Gasteiger partial charge in [0.25, 0.3) is 5.91 Å². The first-order valence-corrected chi connectivity index (χ1v) is 6.61. The van der Waals surface area contributed by atoms with Crippen molar-refractivity contribution in [1.82, 2.24) is 10.3 Å². The molecule has 96 valence electrons. The van der Waals surface area contributed by atoms with E-state index in [1.165, 1.54) is 31.9 Å². The van der Waals surface area contributed by atoms with Crippen molar-refractivity contribution >= 4 is 23.1 Å². The van der Waals surface area contributed by atoms with E-state index in [2.05, 4.69) is 10.3 Å². The highest BCUT2D eigenvalue weighted by Crippen LogP contribution is 2.23. The Morgan fingerprint density at radius 2 is 2.17 bits per heavy atom. The summed E-state index contributed by atoms with van der Waals surface area (Å²) < 4.78 is 0. The van der Waals surface area contributed by atoms with Crippen LogP contribution < -0.4 is 11.1 Å². The molecule has 1 aliphatic rings. The number of carbonyl (C=O) groups is 1. The molecule has 1 fully saturated rings. The molecule has 1 aliphatic carbocycles. The van der Waals surface area contributed by atoms with Crippen molar-refractivity contribution in [2.75, 3.05) is 6.54 Å². The molecule has 0 spiro atoms. The molecule has 0 atom stereocenters. The van der Waals surface area contributed by atoms with E-state index in [4.69, 9.17) is 18.0 Å². The molecule has 0 bridgehead atoms. The SMILES string of the molecule is NC(=S)c1ccc(C(=O)NCC2CCCC2)nc1. The number of nitrogens with two attached hydrogens (primary N) is 1. The highest BCUT2D eigenvalue weighted by atomic mass is 32.1. The van der Waals surface area contributed by atoms with Crippen LogP contribution >= 0.6 is 12.2 Å². The fraction of sp³-hybridized carbons (Fsp3) is 0.462. The number of hydrogen-bond acceptors (Lipinski definition) is 3. The molecule has 18 heavy (non-hydrogen) atoms. The van der Waals surface area contributed by atoms with Gasteiger partial charge in [-0.1, -0.05) is 25.1 Å². The van der Waals surface area contributed by atoms with Crippen LogP contribution in [0.1, 0.15) is 41.7 Å². The summed E-state index contributed by atoms with van der Waals surface area (Å²) >= 11 is 4.83. The summed E-state index contributed by atoms with van der Waals surface area (Å²) in [5.41, 5.74) is 6.56. The van der Waals surface area contributed by atoms with E-state index in [1.54, 1.807) is 12.1 Å². The Bertz CT molecular complexity index is 438. The first-order valence-electron chi connectivity index (χ1n) is 6.21. The number of thiocarbonyl (C=S) groups is 1. The topological polar surface area (TPSA) is 68.0 Å². The molecule has 0 aliphatic heterocycles. The maximum Gasteiger partial charge on any atom is 0.269 e. The van der Waals surface area contributed by atoms with Gasteiger partial charge in [-0.2, -0.15) is 0 Å². The Hall–Kier alpha value is -1.49. The number of amides is 1. The second-order valence-electron chi connectivity index (χ2n) is 4.66. The number of hydrogen-bond donors (Lipinski definition) is 2. The molecule has 3 N–H and O–H groups in total. The summed E-state index contributed by atoms with van der Waals surface area (Å²) in [7, 11) is 0. The van der Waals surface area contributed by atoms with Gasteiger partial charge in [0, 0.05) is 18.3 Å². The number of aromatic nitrogens is 1. The van der Waals surface area contributed by atoms with E-state index in [-0.39, 0.29) is 5.91 Å². The molecule has 0 aromatic carbocycles. The molecule has 1 aromatic heterocycles. The van der Waals surface area contributed by atoms with Gasteiger partial charge in [-0.15, -0.1) is 0 Å². The number of pyridine rings is 1. The van der Waals surface area contributed by atoms with Crippen molar-refractivity contribution in [3.8, 4) is 0 Å². The lowest BCUT2D eigenvalue weighted by Crippen LogP contribution is -2.29. The Labute approximate surface area is 112 Å². The highest BCUT2D eigenvalue weighted by Gasteiger charge is 2.16. The molecule has 1 saturated carbocycles. The van der Waals surface area contributed by atoms with Crippen LogP contribution in [-0.4, -0.2) is 22.4 Å². The van der Waals surface area contributed by atoms with E-state index in [1.807, 2.05) is 0 Å². The minimum absolute atomic E-state index is 0.128. The Morgan fingerprint density at radius 1 is 1.44 bits per heavy atom. The van der Waals surface area contributed by atoms with Crippen molar-refractivity contribution in [1.29, 1.82) is 0 Å². The highest BCUT2D eigenvalue weighted by molar-refractivity contribution is 7.80. The average molecular weight is 263 g/mol. The Morgan fingerprint density at radius 3 is 2.72 bits per heavy atom. The molecule has 1 aromatic rings. The number of rotatable bonds is 4. The molecule has 0 saturated heterocycles. The zero-order chi connectivity index (χ0) is 13.0. The first kappa shape index (κ1) is 13.0. The average Bonchev–Trinajstić information content (AvgIpc) is 2.89. The van der Waals surface area contributed by atoms with Crippen LogP contribution in [0.15, 0.2) is 18.3 Å². The molecule has 2 rings (SSSR count). The van der Waals surface area contributed by atoms with E-state index in [9.17, 15) is 4.79 Å². The summed E-state index contributed by atoms with van der Waals surface area (Å²) in [4.78, 5) is 16.2. The third kappa shape index (κ3) is 3.26. The second-order valence-corrected chi connectivity index (χ2v) is 5.10. The second kappa shape index (κ2) is 5.91. The molecule has 4 nitrogen and oxygen atoms in total. The molecular formula is C13H17N3OS. The predicted molar refractivity (Wildman–Crippen MR) is 74.4 cm³/mol. The predicted octanol–water partition coefficient (Wildman–Crippen LogP) is 1.64. The van der Waals surface area contributed by atoms with Crippen LogP contribution in [0.25, 0.3) is 0 Å². The van der Waals surface area contributed by atoms with Crippen LogP contribution in [0, 0.1) is 5.92 Å².